The van der Waals surface area contributed by atoms with Crippen LogP contribution in [0.15, 0.2) is 24.3 Å². The van der Waals surface area contributed by atoms with Crippen molar-refractivity contribution in [3.05, 3.63) is 29.8 Å². The van der Waals surface area contributed by atoms with E-state index in [2.05, 4.69) is 19.9 Å². The smallest absolute Gasteiger partial charge is 0.120 e. The van der Waals surface area contributed by atoms with Crippen LogP contribution in [0.25, 0.3) is 0 Å². The molecule has 0 aliphatic heterocycles. The summed E-state index contributed by atoms with van der Waals surface area (Å²) >= 11 is 0. The summed E-state index contributed by atoms with van der Waals surface area (Å²) in [6.45, 7) is 4.24. The lowest BCUT2D eigenvalue weighted by Crippen LogP contribution is -2.35. The number of nitrogens with zero attached hydrogens (tertiary/aromatic N) is 1. The molecule has 0 saturated heterocycles. The van der Waals surface area contributed by atoms with E-state index in [-0.39, 0.29) is 12.2 Å². The molecule has 0 heterocycles. The van der Waals surface area contributed by atoms with Gasteiger partial charge in [0, 0.05) is 13.0 Å². The van der Waals surface area contributed by atoms with Crippen LogP contribution in [0.1, 0.15) is 38.7 Å². The molecule has 1 rings (SSSR count). The summed E-state index contributed by atoms with van der Waals surface area (Å²) in [5.41, 5.74) is 0.321. The fraction of sp³-hybridized carbons (Fsp3) is 0.500. The van der Waals surface area contributed by atoms with Crippen molar-refractivity contribution in [3.8, 4) is 11.8 Å². The van der Waals surface area contributed by atoms with Gasteiger partial charge in [0.1, 0.15) is 11.4 Å². The highest BCUT2D eigenvalue weighted by Crippen LogP contribution is 2.27. The second-order valence-corrected chi connectivity index (χ2v) is 4.10. The Morgan fingerprint density at radius 2 is 1.82 bits per heavy atom. The molecule has 0 unspecified atom stereocenters. The topological polar surface area (TPSA) is 53.2 Å². The molecule has 0 aliphatic rings. The van der Waals surface area contributed by atoms with Crippen molar-refractivity contribution < 1.29 is 9.84 Å². The Kier molecular flexibility index (Phi) is 4.99. The van der Waals surface area contributed by atoms with Gasteiger partial charge in [0.05, 0.1) is 11.6 Å². The molecule has 17 heavy (non-hydrogen) atoms. The van der Waals surface area contributed by atoms with Crippen molar-refractivity contribution in [1.29, 1.82) is 5.26 Å². The van der Waals surface area contributed by atoms with Crippen LogP contribution in [-0.4, -0.2) is 17.3 Å². The first-order valence-electron chi connectivity index (χ1n) is 5.99. The number of hydrogen-bond acceptors (Lipinski definition) is 3. The molecule has 0 atom stereocenters. The SMILES string of the molecule is CCC(CC)(CCO)Oc1ccc(C#N)cc1. The Balaban J connectivity index is 2.82. The molecule has 0 spiro atoms. The Bertz CT molecular complexity index is 374. The van der Waals surface area contributed by atoms with E-state index in [0.29, 0.717) is 12.0 Å². The maximum absolute atomic E-state index is 9.10. The van der Waals surface area contributed by atoms with E-state index in [0.717, 1.165) is 18.6 Å². The summed E-state index contributed by atoms with van der Waals surface area (Å²) in [5, 5.41) is 17.8. The molecule has 3 nitrogen and oxygen atoms in total. The summed E-state index contributed by atoms with van der Waals surface area (Å²) in [6.07, 6.45) is 2.33. The number of benzene rings is 1. The third-order valence-electron chi connectivity index (χ3n) is 3.17. The molecule has 92 valence electrons. The fourth-order valence-corrected chi connectivity index (χ4v) is 1.85. The van der Waals surface area contributed by atoms with Crippen LogP contribution in [0.3, 0.4) is 0 Å². The van der Waals surface area contributed by atoms with Gasteiger partial charge in [0.15, 0.2) is 0 Å². The zero-order valence-corrected chi connectivity index (χ0v) is 10.4. The van der Waals surface area contributed by atoms with Gasteiger partial charge in [-0.1, -0.05) is 13.8 Å². The lowest BCUT2D eigenvalue weighted by molar-refractivity contribution is 0.0337. The van der Waals surface area contributed by atoms with Crippen molar-refractivity contribution in [2.24, 2.45) is 0 Å². The van der Waals surface area contributed by atoms with Gasteiger partial charge in [-0.15, -0.1) is 0 Å². The Labute approximate surface area is 103 Å². The van der Waals surface area contributed by atoms with Crippen LogP contribution in [0.4, 0.5) is 0 Å². The van der Waals surface area contributed by atoms with Crippen LogP contribution in [0, 0.1) is 11.3 Å². The van der Waals surface area contributed by atoms with Crippen LogP contribution >= 0.6 is 0 Å². The van der Waals surface area contributed by atoms with E-state index < -0.39 is 0 Å². The Morgan fingerprint density at radius 1 is 1.24 bits per heavy atom. The van der Waals surface area contributed by atoms with Crippen molar-refractivity contribution >= 4 is 0 Å². The first kappa shape index (κ1) is 13.5. The zero-order valence-electron chi connectivity index (χ0n) is 10.4. The largest absolute Gasteiger partial charge is 0.487 e. The zero-order chi connectivity index (χ0) is 12.7. The van der Waals surface area contributed by atoms with Gasteiger partial charge in [-0.05, 0) is 37.1 Å². The van der Waals surface area contributed by atoms with Gasteiger partial charge in [0.2, 0.25) is 0 Å². The summed E-state index contributed by atoms with van der Waals surface area (Å²) in [7, 11) is 0. The van der Waals surface area contributed by atoms with E-state index in [1.54, 1.807) is 24.3 Å². The van der Waals surface area contributed by atoms with E-state index >= 15 is 0 Å². The average molecular weight is 233 g/mol. The third kappa shape index (κ3) is 3.47. The van der Waals surface area contributed by atoms with Crippen molar-refractivity contribution in [3.63, 3.8) is 0 Å². The molecule has 0 saturated carbocycles. The number of rotatable bonds is 6. The highest BCUT2D eigenvalue weighted by Gasteiger charge is 2.27. The first-order valence-corrected chi connectivity index (χ1v) is 5.99. The number of ether oxygens (including phenoxy) is 1. The summed E-state index contributed by atoms with van der Waals surface area (Å²) in [6, 6.07) is 9.16. The highest BCUT2D eigenvalue weighted by molar-refractivity contribution is 5.34. The molecular formula is C14H19NO2. The number of nitriles is 1. The first-order chi connectivity index (χ1) is 8.19. The number of aliphatic hydroxyl groups is 1. The van der Waals surface area contributed by atoms with E-state index in [4.69, 9.17) is 15.1 Å². The van der Waals surface area contributed by atoms with Crippen molar-refractivity contribution in [2.45, 2.75) is 38.7 Å². The maximum Gasteiger partial charge on any atom is 0.120 e. The predicted octanol–water partition coefficient (Wildman–Crippen LogP) is 2.88. The van der Waals surface area contributed by atoms with Gasteiger partial charge in [0.25, 0.3) is 0 Å². The summed E-state index contributed by atoms with van der Waals surface area (Å²) < 4.78 is 5.97. The van der Waals surface area contributed by atoms with Crippen LogP contribution in [0.2, 0.25) is 0 Å². The van der Waals surface area contributed by atoms with Crippen LogP contribution in [-0.2, 0) is 0 Å². The molecule has 1 aromatic carbocycles. The van der Waals surface area contributed by atoms with Gasteiger partial charge < -0.3 is 9.84 Å². The summed E-state index contributed by atoms with van der Waals surface area (Å²) in [4.78, 5) is 0. The number of hydrogen-bond donors (Lipinski definition) is 1. The molecule has 0 fully saturated rings. The second-order valence-electron chi connectivity index (χ2n) is 4.10. The molecule has 0 bridgehead atoms. The van der Waals surface area contributed by atoms with Gasteiger partial charge >= 0.3 is 0 Å². The fourth-order valence-electron chi connectivity index (χ4n) is 1.85. The third-order valence-corrected chi connectivity index (χ3v) is 3.17. The standard InChI is InChI=1S/C14H19NO2/c1-3-14(4-2,9-10-16)17-13-7-5-12(11-15)6-8-13/h5-8,16H,3-4,9-10H2,1-2H3. The molecule has 0 amide bonds. The molecular weight excluding hydrogens is 214 g/mol. The molecule has 1 N–H and O–H groups in total. The lowest BCUT2D eigenvalue weighted by Gasteiger charge is -2.32. The lowest BCUT2D eigenvalue weighted by atomic mass is 9.93. The van der Waals surface area contributed by atoms with Crippen molar-refractivity contribution in [2.75, 3.05) is 6.61 Å². The van der Waals surface area contributed by atoms with Crippen LogP contribution in [0.5, 0.6) is 5.75 Å². The number of aliphatic hydroxyl groups excluding tert-OH is 1. The molecule has 1 aromatic rings. The summed E-state index contributed by atoms with van der Waals surface area (Å²) in [5.74, 6) is 0.751. The van der Waals surface area contributed by atoms with Gasteiger partial charge in [-0.25, -0.2) is 0 Å². The minimum Gasteiger partial charge on any atom is -0.487 e. The molecule has 0 aliphatic carbocycles. The average Bonchev–Trinajstić information content (AvgIpc) is 2.39. The van der Waals surface area contributed by atoms with Gasteiger partial charge in [-0.2, -0.15) is 5.26 Å². The van der Waals surface area contributed by atoms with E-state index in [1.165, 1.54) is 0 Å². The molecule has 3 heteroatoms. The Morgan fingerprint density at radius 3 is 2.24 bits per heavy atom. The van der Waals surface area contributed by atoms with E-state index in [9.17, 15) is 0 Å². The van der Waals surface area contributed by atoms with Crippen LogP contribution < -0.4 is 4.74 Å². The second kappa shape index (κ2) is 6.27. The highest BCUT2D eigenvalue weighted by atomic mass is 16.5. The minimum absolute atomic E-state index is 0.123. The monoisotopic (exact) mass is 233 g/mol. The normalized spacial score (nSPS) is 10.9. The molecule has 0 aromatic heterocycles. The van der Waals surface area contributed by atoms with Crippen molar-refractivity contribution in [1.82, 2.24) is 0 Å². The van der Waals surface area contributed by atoms with Gasteiger partial charge in [-0.3, -0.25) is 0 Å². The predicted molar refractivity (Wildman–Crippen MR) is 66.8 cm³/mol. The quantitative estimate of drug-likeness (QED) is 0.822. The minimum atomic E-state index is -0.303. The Hall–Kier alpha value is -1.53. The maximum atomic E-state index is 9.10. The van der Waals surface area contributed by atoms with E-state index in [1.807, 2.05) is 0 Å². The molecule has 0 radical (unpaired) electrons.